The van der Waals surface area contributed by atoms with Crippen LogP contribution in [0.5, 0.6) is 0 Å². The highest BCUT2D eigenvalue weighted by molar-refractivity contribution is 5.05. The largest absolute Gasteiger partial charge is 0.465 e. The van der Waals surface area contributed by atoms with Gasteiger partial charge in [0.1, 0.15) is 11.5 Å². The van der Waals surface area contributed by atoms with Gasteiger partial charge in [0.2, 0.25) is 0 Å². The maximum Gasteiger partial charge on any atom is 0.118 e. The van der Waals surface area contributed by atoms with Crippen molar-refractivity contribution in [2.24, 2.45) is 11.7 Å². The Hall–Kier alpha value is -0.800. The first-order valence-electron chi connectivity index (χ1n) is 5.68. The van der Waals surface area contributed by atoms with Gasteiger partial charge in [-0.25, -0.2) is 0 Å². The standard InChI is InChI=1S/C12H20N2O/c1-9-7-14(6-5-12(9)13)8-11-4-3-10(2)15-11/h3-4,9,12H,5-8,13H2,1-2H3. The molecule has 2 heterocycles. The van der Waals surface area contributed by atoms with Crippen LogP contribution < -0.4 is 5.73 Å². The van der Waals surface area contributed by atoms with Crippen molar-refractivity contribution in [2.45, 2.75) is 32.9 Å². The Morgan fingerprint density at radius 1 is 1.53 bits per heavy atom. The summed E-state index contributed by atoms with van der Waals surface area (Å²) in [6.45, 7) is 7.31. The van der Waals surface area contributed by atoms with Crippen molar-refractivity contribution in [3.05, 3.63) is 23.7 Å². The van der Waals surface area contributed by atoms with Crippen LogP contribution in [0.15, 0.2) is 16.5 Å². The highest BCUT2D eigenvalue weighted by Gasteiger charge is 2.23. The minimum absolute atomic E-state index is 0.375. The van der Waals surface area contributed by atoms with E-state index in [2.05, 4.69) is 17.9 Å². The molecule has 2 N–H and O–H groups in total. The molecule has 0 spiro atoms. The number of aryl methyl sites for hydroxylation is 1. The lowest BCUT2D eigenvalue weighted by Crippen LogP contribution is -2.45. The number of nitrogens with two attached hydrogens (primary N) is 1. The van der Waals surface area contributed by atoms with Gasteiger partial charge in [-0.15, -0.1) is 0 Å². The molecule has 0 amide bonds. The Balaban J connectivity index is 1.90. The molecule has 2 atom stereocenters. The molecule has 1 aromatic heterocycles. The van der Waals surface area contributed by atoms with Crippen molar-refractivity contribution >= 4 is 0 Å². The minimum atomic E-state index is 0.375. The van der Waals surface area contributed by atoms with Gasteiger partial charge in [0, 0.05) is 19.1 Å². The molecule has 2 rings (SSSR count). The van der Waals surface area contributed by atoms with E-state index in [9.17, 15) is 0 Å². The summed E-state index contributed by atoms with van der Waals surface area (Å²) in [5.41, 5.74) is 5.99. The summed E-state index contributed by atoms with van der Waals surface area (Å²) in [4.78, 5) is 2.42. The summed E-state index contributed by atoms with van der Waals surface area (Å²) in [6.07, 6.45) is 1.10. The molecule has 84 valence electrons. The molecule has 0 bridgehead atoms. The second-order valence-electron chi connectivity index (χ2n) is 4.68. The van der Waals surface area contributed by atoms with Gasteiger partial charge >= 0.3 is 0 Å². The molecular weight excluding hydrogens is 188 g/mol. The fourth-order valence-corrected chi connectivity index (χ4v) is 2.18. The second kappa shape index (κ2) is 4.37. The van der Waals surface area contributed by atoms with Gasteiger partial charge in [0.05, 0.1) is 6.54 Å². The third-order valence-corrected chi connectivity index (χ3v) is 3.23. The number of likely N-dealkylation sites (tertiary alicyclic amines) is 1. The first-order valence-corrected chi connectivity index (χ1v) is 5.68. The van der Waals surface area contributed by atoms with Crippen LogP contribution in [0.1, 0.15) is 24.9 Å². The number of nitrogens with zero attached hydrogens (tertiary/aromatic N) is 1. The van der Waals surface area contributed by atoms with E-state index < -0.39 is 0 Å². The summed E-state index contributed by atoms with van der Waals surface area (Å²) in [6, 6.07) is 4.46. The van der Waals surface area contributed by atoms with Gasteiger partial charge in [-0.1, -0.05) is 6.92 Å². The van der Waals surface area contributed by atoms with Crippen LogP contribution in [-0.2, 0) is 6.54 Å². The average molecular weight is 208 g/mol. The van der Waals surface area contributed by atoms with Crippen molar-refractivity contribution < 1.29 is 4.42 Å². The van der Waals surface area contributed by atoms with E-state index >= 15 is 0 Å². The lowest BCUT2D eigenvalue weighted by molar-refractivity contribution is 0.148. The Morgan fingerprint density at radius 3 is 2.93 bits per heavy atom. The van der Waals surface area contributed by atoms with E-state index in [1.54, 1.807) is 0 Å². The molecule has 3 nitrogen and oxygen atoms in total. The number of rotatable bonds is 2. The molecule has 0 radical (unpaired) electrons. The van der Waals surface area contributed by atoms with E-state index in [1.165, 1.54) is 0 Å². The van der Waals surface area contributed by atoms with Gasteiger partial charge in [0.25, 0.3) is 0 Å². The van der Waals surface area contributed by atoms with E-state index in [-0.39, 0.29) is 0 Å². The van der Waals surface area contributed by atoms with Gasteiger partial charge in [-0.2, -0.15) is 0 Å². The molecular formula is C12H20N2O. The van der Waals surface area contributed by atoms with Crippen LogP contribution in [0.3, 0.4) is 0 Å². The Kier molecular flexibility index (Phi) is 3.12. The Morgan fingerprint density at radius 2 is 2.33 bits per heavy atom. The molecule has 0 saturated carbocycles. The summed E-state index contributed by atoms with van der Waals surface area (Å²) in [5, 5.41) is 0. The molecule has 0 aliphatic carbocycles. The highest BCUT2D eigenvalue weighted by Crippen LogP contribution is 2.18. The molecule has 1 aliphatic rings. The van der Waals surface area contributed by atoms with Gasteiger partial charge < -0.3 is 10.2 Å². The van der Waals surface area contributed by atoms with Gasteiger partial charge in [0.15, 0.2) is 0 Å². The van der Waals surface area contributed by atoms with Crippen molar-refractivity contribution in [1.82, 2.24) is 4.90 Å². The third kappa shape index (κ3) is 2.61. The zero-order valence-electron chi connectivity index (χ0n) is 9.57. The van der Waals surface area contributed by atoms with Crippen LogP contribution in [0.2, 0.25) is 0 Å². The highest BCUT2D eigenvalue weighted by atomic mass is 16.3. The number of furan rings is 1. The van der Waals surface area contributed by atoms with Crippen molar-refractivity contribution in [2.75, 3.05) is 13.1 Å². The minimum Gasteiger partial charge on any atom is -0.465 e. The fraction of sp³-hybridized carbons (Fsp3) is 0.667. The van der Waals surface area contributed by atoms with E-state index in [0.29, 0.717) is 12.0 Å². The molecule has 1 aliphatic heterocycles. The molecule has 1 aromatic rings. The summed E-state index contributed by atoms with van der Waals surface area (Å²) in [7, 11) is 0. The Labute approximate surface area is 91.2 Å². The van der Waals surface area contributed by atoms with Crippen molar-refractivity contribution in [3.8, 4) is 0 Å². The maximum absolute atomic E-state index is 5.99. The fourth-order valence-electron chi connectivity index (χ4n) is 2.18. The summed E-state index contributed by atoms with van der Waals surface area (Å²) < 4.78 is 5.58. The van der Waals surface area contributed by atoms with E-state index in [0.717, 1.165) is 37.6 Å². The average Bonchev–Trinajstić information content (AvgIpc) is 2.58. The molecule has 1 fully saturated rings. The predicted octanol–water partition coefficient (Wildman–Crippen LogP) is 1.76. The SMILES string of the molecule is Cc1ccc(CN2CCC(N)C(C)C2)o1. The summed E-state index contributed by atoms with van der Waals surface area (Å²) in [5.74, 6) is 2.65. The normalized spacial score (nSPS) is 28.2. The number of piperidine rings is 1. The number of hydrogen-bond acceptors (Lipinski definition) is 3. The van der Waals surface area contributed by atoms with E-state index in [1.807, 2.05) is 13.0 Å². The van der Waals surface area contributed by atoms with Gasteiger partial charge in [-0.05, 0) is 31.4 Å². The zero-order valence-corrected chi connectivity index (χ0v) is 9.57. The maximum atomic E-state index is 5.99. The predicted molar refractivity (Wildman–Crippen MR) is 60.5 cm³/mol. The monoisotopic (exact) mass is 208 g/mol. The van der Waals surface area contributed by atoms with Gasteiger partial charge in [-0.3, -0.25) is 4.90 Å². The Bertz CT molecular complexity index is 321. The zero-order chi connectivity index (χ0) is 10.8. The van der Waals surface area contributed by atoms with Crippen molar-refractivity contribution in [1.29, 1.82) is 0 Å². The number of hydrogen-bond donors (Lipinski definition) is 1. The summed E-state index contributed by atoms with van der Waals surface area (Å²) >= 11 is 0. The van der Waals surface area contributed by atoms with Crippen LogP contribution in [0.4, 0.5) is 0 Å². The van der Waals surface area contributed by atoms with Crippen LogP contribution in [0, 0.1) is 12.8 Å². The first kappa shape index (κ1) is 10.7. The van der Waals surface area contributed by atoms with Crippen LogP contribution in [0.25, 0.3) is 0 Å². The lowest BCUT2D eigenvalue weighted by atomic mass is 9.95. The first-order chi connectivity index (χ1) is 7.15. The molecule has 15 heavy (non-hydrogen) atoms. The topological polar surface area (TPSA) is 42.4 Å². The third-order valence-electron chi connectivity index (χ3n) is 3.23. The molecule has 1 saturated heterocycles. The quantitative estimate of drug-likeness (QED) is 0.805. The molecule has 2 unspecified atom stereocenters. The second-order valence-corrected chi connectivity index (χ2v) is 4.68. The van der Waals surface area contributed by atoms with Crippen LogP contribution in [-0.4, -0.2) is 24.0 Å². The lowest BCUT2D eigenvalue weighted by Gasteiger charge is -2.34. The molecule has 3 heteroatoms. The molecule has 0 aromatic carbocycles. The van der Waals surface area contributed by atoms with Crippen LogP contribution >= 0.6 is 0 Å². The van der Waals surface area contributed by atoms with E-state index in [4.69, 9.17) is 10.2 Å². The smallest absolute Gasteiger partial charge is 0.118 e. The van der Waals surface area contributed by atoms with Crippen molar-refractivity contribution in [3.63, 3.8) is 0 Å².